The standard InChI is InChI=1S/C15H22N4O/c1-15(2,3)12-8-17-14(20-12)10-5-4-9(6-10)11-7-13(16)19-18-11/h7-10H,4-6H2,1-3H3,(H3,16,18,19). The van der Waals surface area contributed by atoms with E-state index in [4.69, 9.17) is 10.2 Å². The molecular weight excluding hydrogens is 252 g/mol. The van der Waals surface area contributed by atoms with Crippen molar-refractivity contribution in [2.45, 2.75) is 57.3 Å². The van der Waals surface area contributed by atoms with E-state index < -0.39 is 0 Å². The van der Waals surface area contributed by atoms with Crippen molar-refractivity contribution >= 4 is 5.82 Å². The maximum Gasteiger partial charge on any atom is 0.197 e. The minimum Gasteiger partial charge on any atom is -0.445 e. The van der Waals surface area contributed by atoms with Gasteiger partial charge in [0.25, 0.3) is 0 Å². The van der Waals surface area contributed by atoms with Crippen LogP contribution < -0.4 is 5.73 Å². The Balaban J connectivity index is 1.72. The summed E-state index contributed by atoms with van der Waals surface area (Å²) in [5, 5.41) is 7.03. The van der Waals surface area contributed by atoms with Crippen LogP contribution in [-0.2, 0) is 5.41 Å². The topological polar surface area (TPSA) is 80.7 Å². The van der Waals surface area contributed by atoms with Gasteiger partial charge in [0.1, 0.15) is 11.6 Å². The fourth-order valence-electron chi connectivity index (χ4n) is 2.87. The summed E-state index contributed by atoms with van der Waals surface area (Å²) in [4.78, 5) is 4.48. The summed E-state index contributed by atoms with van der Waals surface area (Å²) in [7, 11) is 0. The summed E-state index contributed by atoms with van der Waals surface area (Å²) in [6, 6.07) is 1.93. The smallest absolute Gasteiger partial charge is 0.197 e. The second-order valence-electron chi connectivity index (χ2n) is 6.77. The van der Waals surface area contributed by atoms with Crippen molar-refractivity contribution in [1.82, 2.24) is 15.2 Å². The number of nitrogen functional groups attached to an aromatic ring is 1. The molecule has 20 heavy (non-hydrogen) atoms. The Labute approximate surface area is 119 Å². The molecule has 0 amide bonds. The first-order chi connectivity index (χ1) is 9.43. The zero-order chi connectivity index (χ0) is 14.3. The molecule has 2 aromatic heterocycles. The highest BCUT2D eigenvalue weighted by atomic mass is 16.4. The molecule has 2 heterocycles. The van der Waals surface area contributed by atoms with E-state index in [9.17, 15) is 0 Å². The zero-order valence-electron chi connectivity index (χ0n) is 12.3. The van der Waals surface area contributed by atoms with Crippen molar-refractivity contribution in [3.63, 3.8) is 0 Å². The predicted molar refractivity (Wildman–Crippen MR) is 77.5 cm³/mol. The lowest BCUT2D eigenvalue weighted by Crippen LogP contribution is -2.09. The number of nitrogens with zero attached hydrogens (tertiary/aromatic N) is 2. The molecule has 3 rings (SSSR count). The van der Waals surface area contributed by atoms with Crippen LogP contribution in [0.4, 0.5) is 5.82 Å². The highest BCUT2D eigenvalue weighted by molar-refractivity contribution is 5.31. The monoisotopic (exact) mass is 274 g/mol. The normalized spacial score (nSPS) is 23.4. The second-order valence-corrected chi connectivity index (χ2v) is 6.77. The van der Waals surface area contributed by atoms with E-state index in [1.807, 2.05) is 12.3 Å². The Morgan fingerprint density at radius 1 is 1.30 bits per heavy atom. The molecule has 0 spiro atoms. The van der Waals surface area contributed by atoms with Gasteiger partial charge in [-0.25, -0.2) is 4.98 Å². The van der Waals surface area contributed by atoms with Gasteiger partial charge in [-0.1, -0.05) is 20.8 Å². The van der Waals surface area contributed by atoms with Gasteiger partial charge in [0.2, 0.25) is 0 Å². The number of nitrogens with one attached hydrogen (secondary N) is 1. The SMILES string of the molecule is CC(C)(C)c1cnc(C2CCC(c3cc(N)n[nH]3)C2)o1. The van der Waals surface area contributed by atoms with E-state index in [0.29, 0.717) is 17.7 Å². The van der Waals surface area contributed by atoms with Crippen LogP contribution in [-0.4, -0.2) is 15.2 Å². The first kappa shape index (κ1) is 13.2. The van der Waals surface area contributed by atoms with E-state index in [-0.39, 0.29) is 5.41 Å². The quantitative estimate of drug-likeness (QED) is 0.880. The Bertz CT molecular complexity index is 593. The Hall–Kier alpha value is -1.78. The number of rotatable bonds is 2. The lowest BCUT2D eigenvalue weighted by atomic mass is 9.94. The van der Waals surface area contributed by atoms with Crippen LogP contribution in [0.1, 0.15) is 69.2 Å². The molecule has 1 aliphatic carbocycles. The third-order valence-electron chi connectivity index (χ3n) is 4.10. The zero-order valence-corrected chi connectivity index (χ0v) is 12.3. The molecule has 3 N–H and O–H groups in total. The van der Waals surface area contributed by atoms with Crippen LogP contribution in [0.2, 0.25) is 0 Å². The first-order valence-electron chi connectivity index (χ1n) is 7.20. The predicted octanol–water partition coefficient (Wildman–Crippen LogP) is 3.33. The van der Waals surface area contributed by atoms with Gasteiger partial charge in [0.05, 0.1) is 6.20 Å². The molecule has 0 saturated heterocycles. The van der Waals surface area contributed by atoms with Crippen molar-refractivity contribution in [2.75, 3.05) is 5.73 Å². The largest absolute Gasteiger partial charge is 0.445 e. The molecule has 0 aromatic carbocycles. The molecule has 0 aliphatic heterocycles. The lowest BCUT2D eigenvalue weighted by molar-refractivity contribution is 0.363. The fraction of sp³-hybridized carbons (Fsp3) is 0.600. The van der Waals surface area contributed by atoms with Gasteiger partial charge in [0, 0.05) is 29.0 Å². The molecule has 2 aromatic rings. The summed E-state index contributed by atoms with van der Waals surface area (Å²) >= 11 is 0. The van der Waals surface area contributed by atoms with Crippen LogP contribution in [0.25, 0.3) is 0 Å². The molecular formula is C15H22N4O. The van der Waals surface area contributed by atoms with Crippen LogP contribution in [0.3, 0.4) is 0 Å². The maximum atomic E-state index is 5.96. The van der Waals surface area contributed by atoms with Gasteiger partial charge in [-0.15, -0.1) is 0 Å². The van der Waals surface area contributed by atoms with Crippen molar-refractivity contribution in [3.05, 3.63) is 29.6 Å². The van der Waals surface area contributed by atoms with Crippen molar-refractivity contribution in [2.24, 2.45) is 0 Å². The van der Waals surface area contributed by atoms with Crippen LogP contribution in [0, 0.1) is 0 Å². The molecule has 2 atom stereocenters. The number of H-pyrrole nitrogens is 1. The number of nitrogens with two attached hydrogens (primary N) is 1. The van der Waals surface area contributed by atoms with Gasteiger partial charge in [-0.05, 0) is 19.3 Å². The highest BCUT2D eigenvalue weighted by Crippen LogP contribution is 2.43. The molecule has 2 unspecified atom stereocenters. The molecule has 1 saturated carbocycles. The van der Waals surface area contributed by atoms with Gasteiger partial charge in [-0.2, -0.15) is 5.10 Å². The van der Waals surface area contributed by atoms with Crippen LogP contribution in [0.15, 0.2) is 16.7 Å². The molecule has 0 radical (unpaired) electrons. The van der Waals surface area contributed by atoms with Crippen molar-refractivity contribution < 1.29 is 4.42 Å². The first-order valence-corrected chi connectivity index (χ1v) is 7.20. The lowest BCUT2D eigenvalue weighted by Gasteiger charge is -2.13. The van der Waals surface area contributed by atoms with E-state index in [2.05, 4.69) is 36.0 Å². The minimum atomic E-state index is 0.0150. The number of aromatic nitrogens is 3. The number of hydrogen-bond donors (Lipinski definition) is 2. The van der Waals surface area contributed by atoms with E-state index >= 15 is 0 Å². The minimum absolute atomic E-state index is 0.0150. The van der Waals surface area contributed by atoms with E-state index in [1.165, 1.54) is 0 Å². The van der Waals surface area contributed by atoms with Crippen molar-refractivity contribution in [3.8, 4) is 0 Å². The Morgan fingerprint density at radius 2 is 2.05 bits per heavy atom. The molecule has 1 aliphatic rings. The van der Waals surface area contributed by atoms with Crippen molar-refractivity contribution in [1.29, 1.82) is 0 Å². The van der Waals surface area contributed by atoms with Gasteiger partial charge in [-0.3, -0.25) is 5.10 Å². The average Bonchev–Trinajstić information content (AvgIpc) is 3.06. The van der Waals surface area contributed by atoms with Crippen LogP contribution >= 0.6 is 0 Å². The second kappa shape index (κ2) is 4.65. The summed E-state index contributed by atoms with van der Waals surface area (Å²) in [6.07, 6.45) is 5.15. The third-order valence-corrected chi connectivity index (χ3v) is 4.10. The molecule has 0 bridgehead atoms. The van der Waals surface area contributed by atoms with Crippen LogP contribution in [0.5, 0.6) is 0 Å². The van der Waals surface area contributed by atoms with E-state index in [1.54, 1.807) is 0 Å². The maximum absolute atomic E-state index is 5.96. The Morgan fingerprint density at radius 3 is 2.65 bits per heavy atom. The molecule has 5 nitrogen and oxygen atoms in total. The number of oxazole rings is 1. The van der Waals surface area contributed by atoms with E-state index in [0.717, 1.165) is 36.6 Å². The molecule has 108 valence electrons. The number of hydrogen-bond acceptors (Lipinski definition) is 4. The summed E-state index contributed by atoms with van der Waals surface area (Å²) < 4.78 is 5.96. The summed E-state index contributed by atoms with van der Waals surface area (Å²) in [5.74, 6) is 3.29. The van der Waals surface area contributed by atoms with Gasteiger partial charge >= 0.3 is 0 Å². The third kappa shape index (κ3) is 2.44. The summed E-state index contributed by atoms with van der Waals surface area (Å²) in [5.41, 5.74) is 6.82. The Kier molecular flexibility index (Phi) is 3.07. The van der Waals surface area contributed by atoms with Gasteiger partial charge < -0.3 is 10.2 Å². The highest BCUT2D eigenvalue weighted by Gasteiger charge is 2.32. The molecule has 1 fully saturated rings. The molecule has 5 heteroatoms. The average molecular weight is 274 g/mol. The fourth-order valence-corrected chi connectivity index (χ4v) is 2.87. The summed E-state index contributed by atoms with van der Waals surface area (Å²) in [6.45, 7) is 6.42. The van der Waals surface area contributed by atoms with Gasteiger partial charge in [0.15, 0.2) is 5.89 Å². The number of aromatic amines is 1. The number of anilines is 1.